The minimum Gasteiger partial charge on any atom is -0.274 e. The number of carbonyl (C=O) groups excluding carboxylic acids is 2. The number of nitrogens with zero attached hydrogens (tertiary/aromatic N) is 2. The van der Waals surface area contributed by atoms with Gasteiger partial charge in [0.25, 0.3) is 11.8 Å². The summed E-state index contributed by atoms with van der Waals surface area (Å²) in [6.07, 6.45) is 2.43. The summed E-state index contributed by atoms with van der Waals surface area (Å²) in [5, 5.41) is 0. The van der Waals surface area contributed by atoms with Crippen LogP contribution in [0.25, 0.3) is 0 Å². The predicted molar refractivity (Wildman–Crippen MR) is 67.6 cm³/mol. The fourth-order valence-electron chi connectivity index (χ4n) is 2.03. The molecule has 2 aromatic rings. The number of rotatable bonds is 3. The summed E-state index contributed by atoms with van der Waals surface area (Å²) < 4.78 is 0. The van der Waals surface area contributed by atoms with Crippen LogP contribution in [0.15, 0.2) is 36.0 Å². The standard InChI is InChI=1S/C13H10N2O2S/c16-12-10-3-1-2-4-11(10)13(17)15(12)6-5-9-7-14-8-18-9/h1-4,7-8H,5-6H2. The van der Waals surface area contributed by atoms with Crippen molar-refractivity contribution in [3.8, 4) is 0 Å². The molecule has 1 aromatic carbocycles. The van der Waals surface area contributed by atoms with Gasteiger partial charge in [0.05, 0.1) is 16.6 Å². The average Bonchev–Trinajstić information content (AvgIpc) is 2.98. The minimum absolute atomic E-state index is 0.194. The Labute approximate surface area is 108 Å². The quantitative estimate of drug-likeness (QED) is 0.791. The van der Waals surface area contributed by atoms with E-state index in [1.54, 1.807) is 36.0 Å². The highest BCUT2D eigenvalue weighted by Gasteiger charge is 2.34. The molecule has 0 bridgehead atoms. The largest absolute Gasteiger partial charge is 0.274 e. The Morgan fingerprint density at radius 2 is 1.78 bits per heavy atom. The van der Waals surface area contributed by atoms with Gasteiger partial charge in [-0.05, 0) is 12.1 Å². The number of benzene rings is 1. The lowest BCUT2D eigenvalue weighted by atomic mass is 10.1. The van der Waals surface area contributed by atoms with Gasteiger partial charge in [-0.15, -0.1) is 11.3 Å². The zero-order valence-electron chi connectivity index (χ0n) is 9.50. The number of aromatic nitrogens is 1. The fourth-order valence-corrected chi connectivity index (χ4v) is 2.62. The Morgan fingerprint density at radius 1 is 1.11 bits per heavy atom. The van der Waals surface area contributed by atoms with Gasteiger partial charge in [0, 0.05) is 24.0 Å². The number of carbonyl (C=O) groups is 2. The summed E-state index contributed by atoms with van der Waals surface area (Å²) in [5.41, 5.74) is 2.76. The third-order valence-electron chi connectivity index (χ3n) is 2.94. The number of imide groups is 1. The number of hydrogen-bond acceptors (Lipinski definition) is 4. The van der Waals surface area contributed by atoms with Crippen LogP contribution < -0.4 is 0 Å². The molecule has 0 radical (unpaired) electrons. The Kier molecular flexibility index (Phi) is 2.68. The van der Waals surface area contributed by atoms with Gasteiger partial charge in [-0.25, -0.2) is 0 Å². The summed E-state index contributed by atoms with van der Waals surface area (Å²) in [7, 11) is 0. The zero-order chi connectivity index (χ0) is 12.5. The molecular weight excluding hydrogens is 248 g/mol. The molecule has 0 unspecified atom stereocenters. The van der Waals surface area contributed by atoms with E-state index in [0.29, 0.717) is 24.1 Å². The van der Waals surface area contributed by atoms with Crippen molar-refractivity contribution < 1.29 is 9.59 Å². The second kappa shape index (κ2) is 4.34. The van der Waals surface area contributed by atoms with Crippen LogP contribution >= 0.6 is 11.3 Å². The normalized spacial score (nSPS) is 14.1. The molecule has 5 heteroatoms. The van der Waals surface area contributed by atoms with E-state index in [0.717, 1.165) is 4.88 Å². The molecule has 0 N–H and O–H groups in total. The van der Waals surface area contributed by atoms with Gasteiger partial charge in [-0.2, -0.15) is 0 Å². The molecule has 2 amide bonds. The molecule has 0 aliphatic carbocycles. The van der Waals surface area contributed by atoms with Crippen LogP contribution in [0.2, 0.25) is 0 Å². The maximum absolute atomic E-state index is 12.1. The second-order valence-electron chi connectivity index (χ2n) is 4.03. The third kappa shape index (κ3) is 1.73. The van der Waals surface area contributed by atoms with Crippen molar-refractivity contribution in [2.75, 3.05) is 6.54 Å². The van der Waals surface area contributed by atoms with Crippen LogP contribution in [-0.2, 0) is 6.42 Å². The number of amides is 2. The van der Waals surface area contributed by atoms with Crippen molar-refractivity contribution >= 4 is 23.2 Å². The highest BCUT2D eigenvalue weighted by molar-refractivity contribution is 7.09. The summed E-state index contributed by atoms with van der Waals surface area (Å²) in [6.45, 7) is 0.411. The molecule has 1 aromatic heterocycles. The smallest absolute Gasteiger partial charge is 0.261 e. The maximum Gasteiger partial charge on any atom is 0.261 e. The lowest BCUT2D eigenvalue weighted by Gasteiger charge is -2.12. The first-order valence-corrected chi connectivity index (χ1v) is 6.48. The van der Waals surface area contributed by atoms with Crippen LogP contribution in [0.5, 0.6) is 0 Å². The van der Waals surface area contributed by atoms with Gasteiger partial charge in [0.1, 0.15) is 0 Å². The number of fused-ring (bicyclic) bond motifs is 1. The molecule has 4 nitrogen and oxygen atoms in total. The second-order valence-corrected chi connectivity index (χ2v) is 5.00. The van der Waals surface area contributed by atoms with Crippen molar-refractivity contribution in [1.29, 1.82) is 0 Å². The first-order chi connectivity index (χ1) is 8.77. The fraction of sp³-hybridized carbons (Fsp3) is 0.154. The van der Waals surface area contributed by atoms with Crippen LogP contribution in [0, 0.1) is 0 Å². The highest BCUT2D eigenvalue weighted by Crippen LogP contribution is 2.22. The molecule has 0 atom stereocenters. The first-order valence-electron chi connectivity index (χ1n) is 5.60. The van der Waals surface area contributed by atoms with E-state index in [1.807, 2.05) is 0 Å². The molecule has 18 heavy (non-hydrogen) atoms. The van der Waals surface area contributed by atoms with E-state index in [1.165, 1.54) is 16.2 Å². The predicted octanol–water partition coefficient (Wildman–Crippen LogP) is 1.98. The topological polar surface area (TPSA) is 50.3 Å². The molecule has 0 fully saturated rings. The van der Waals surface area contributed by atoms with Crippen molar-refractivity contribution in [2.45, 2.75) is 6.42 Å². The van der Waals surface area contributed by atoms with Gasteiger partial charge in [0.2, 0.25) is 0 Å². The van der Waals surface area contributed by atoms with Gasteiger partial charge < -0.3 is 0 Å². The lowest BCUT2D eigenvalue weighted by molar-refractivity contribution is 0.0656. The van der Waals surface area contributed by atoms with Crippen molar-refractivity contribution in [3.63, 3.8) is 0 Å². The first kappa shape index (κ1) is 11.1. The van der Waals surface area contributed by atoms with Crippen molar-refractivity contribution in [2.24, 2.45) is 0 Å². The van der Waals surface area contributed by atoms with E-state index in [9.17, 15) is 9.59 Å². The maximum atomic E-state index is 12.1. The van der Waals surface area contributed by atoms with Crippen LogP contribution in [0.1, 0.15) is 25.6 Å². The summed E-state index contributed by atoms with van der Waals surface area (Å²) in [6, 6.07) is 6.94. The summed E-state index contributed by atoms with van der Waals surface area (Å²) in [4.78, 5) is 30.5. The molecule has 2 heterocycles. The average molecular weight is 258 g/mol. The van der Waals surface area contributed by atoms with Crippen molar-refractivity contribution in [3.05, 3.63) is 52.0 Å². The molecule has 0 saturated heterocycles. The third-order valence-corrected chi connectivity index (χ3v) is 3.78. The van der Waals surface area contributed by atoms with Crippen molar-refractivity contribution in [1.82, 2.24) is 9.88 Å². The zero-order valence-corrected chi connectivity index (χ0v) is 10.3. The van der Waals surface area contributed by atoms with E-state index in [2.05, 4.69) is 4.98 Å². The van der Waals surface area contributed by atoms with Gasteiger partial charge in [-0.1, -0.05) is 12.1 Å². The van der Waals surface area contributed by atoms with Gasteiger partial charge in [-0.3, -0.25) is 19.5 Å². The van der Waals surface area contributed by atoms with E-state index < -0.39 is 0 Å². The molecule has 3 rings (SSSR count). The minimum atomic E-state index is -0.194. The van der Waals surface area contributed by atoms with Gasteiger partial charge in [0.15, 0.2) is 0 Å². The molecular formula is C13H10N2O2S. The van der Waals surface area contributed by atoms with Crippen LogP contribution in [0.4, 0.5) is 0 Å². The van der Waals surface area contributed by atoms with Gasteiger partial charge >= 0.3 is 0 Å². The monoisotopic (exact) mass is 258 g/mol. The van der Waals surface area contributed by atoms with Crippen LogP contribution in [0.3, 0.4) is 0 Å². The molecule has 0 saturated carbocycles. The molecule has 1 aliphatic rings. The number of thiazole rings is 1. The Hall–Kier alpha value is -2.01. The van der Waals surface area contributed by atoms with E-state index >= 15 is 0 Å². The summed E-state index contributed by atoms with van der Waals surface area (Å²) >= 11 is 1.53. The van der Waals surface area contributed by atoms with Crippen LogP contribution in [-0.4, -0.2) is 28.2 Å². The Balaban J connectivity index is 1.80. The summed E-state index contributed by atoms with van der Waals surface area (Å²) in [5.74, 6) is -0.389. The Bertz CT molecular complexity index is 572. The molecule has 0 spiro atoms. The Morgan fingerprint density at radius 3 is 2.33 bits per heavy atom. The highest BCUT2D eigenvalue weighted by atomic mass is 32.1. The SMILES string of the molecule is O=C1c2ccccc2C(=O)N1CCc1cncs1. The number of hydrogen-bond donors (Lipinski definition) is 0. The molecule has 1 aliphatic heterocycles. The molecule has 90 valence electrons. The lowest BCUT2D eigenvalue weighted by Crippen LogP contribution is -2.31. The van der Waals surface area contributed by atoms with E-state index in [-0.39, 0.29) is 11.8 Å². The van der Waals surface area contributed by atoms with E-state index in [4.69, 9.17) is 0 Å².